The van der Waals surface area contributed by atoms with Gasteiger partial charge in [0.25, 0.3) is 0 Å². The molecule has 1 saturated heterocycles. The number of primary sulfonamides is 1. The Hall–Kier alpha value is -1.80. The molecule has 20 heavy (non-hydrogen) atoms. The number of anilines is 2. The predicted molar refractivity (Wildman–Crippen MR) is 76.7 cm³/mol. The molecule has 5 N–H and O–H groups in total. The van der Waals surface area contributed by atoms with Gasteiger partial charge >= 0.3 is 0 Å². The van der Waals surface area contributed by atoms with E-state index in [1.807, 2.05) is 4.90 Å². The largest absolute Gasteiger partial charge is 0.399 e. The van der Waals surface area contributed by atoms with Crippen molar-refractivity contribution in [2.75, 3.05) is 23.7 Å². The van der Waals surface area contributed by atoms with Crippen LogP contribution < -0.4 is 21.1 Å². The summed E-state index contributed by atoms with van der Waals surface area (Å²) >= 11 is 0. The molecule has 1 unspecified atom stereocenters. The maximum absolute atomic E-state index is 11.4. The molecule has 0 bridgehead atoms. The summed E-state index contributed by atoms with van der Waals surface area (Å²) in [6.07, 6.45) is 0.805. The molecule has 110 valence electrons. The first-order chi connectivity index (χ1) is 9.25. The third kappa shape index (κ3) is 3.40. The van der Waals surface area contributed by atoms with Gasteiger partial charge in [-0.2, -0.15) is 0 Å². The predicted octanol–water partition coefficient (Wildman–Crippen LogP) is -0.369. The molecule has 1 atom stereocenters. The topological polar surface area (TPSA) is 119 Å². The highest BCUT2D eigenvalue weighted by atomic mass is 32.2. The van der Waals surface area contributed by atoms with Crippen molar-refractivity contribution in [3.63, 3.8) is 0 Å². The first-order valence-electron chi connectivity index (χ1n) is 6.21. The van der Waals surface area contributed by atoms with Crippen LogP contribution in [0.1, 0.15) is 13.3 Å². The maximum atomic E-state index is 11.4. The van der Waals surface area contributed by atoms with Crippen molar-refractivity contribution in [3.05, 3.63) is 18.2 Å². The van der Waals surface area contributed by atoms with Crippen LogP contribution in [0.15, 0.2) is 23.1 Å². The molecule has 0 saturated carbocycles. The van der Waals surface area contributed by atoms with Crippen LogP contribution in [0.3, 0.4) is 0 Å². The Balaban J connectivity index is 2.22. The van der Waals surface area contributed by atoms with Crippen LogP contribution in [0, 0.1) is 0 Å². The van der Waals surface area contributed by atoms with E-state index in [2.05, 4.69) is 5.32 Å². The van der Waals surface area contributed by atoms with Gasteiger partial charge in [-0.05, 0) is 24.6 Å². The molecule has 1 aromatic rings. The highest BCUT2D eigenvalue weighted by molar-refractivity contribution is 7.89. The fourth-order valence-corrected chi connectivity index (χ4v) is 2.94. The number of carbonyl (C=O) groups excluding carboxylic acids is 1. The van der Waals surface area contributed by atoms with Crippen LogP contribution in [0.4, 0.5) is 11.4 Å². The lowest BCUT2D eigenvalue weighted by Gasteiger charge is -2.20. The molecule has 1 amide bonds. The minimum absolute atomic E-state index is 0.00419. The summed E-state index contributed by atoms with van der Waals surface area (Å²) in [5.74, 6) is -0.0744. The van der Waals surface area contributed by atoms with Gasteiger partial charge in [0.1, 0.15) is 0 Å². The number of hydrogen-bond acceptors (Lipinski definition) is 5. The lowest BCUT2D eigenvalue weighted by atomic mass is 10.2. The van der Waals surface area contributed by atoms with Crippen LogP contribution >= 0.6 is 0 Å². The number of rotatable bonds is 3. The molecule has 1 heterocycles. The van der Waals surface area contributed by atoms with E-state index >= 15 is 0 Å². The highest BCUT2D eigenvalue weighted by Gasteiger charge is 2.24. The summed E-state index contributed by atoms with van der Waals surface area (Å²) in [5.41, 5.74) is 6.76. The minimum Gasteiger partial charge on any atom is -0.399 e. The van der Waals surface area contributed by atoms with Crippen molar-refractivity contribution < 1.29 is 13.2 Å². The summed E-state index contributed by atoms with van der Waals surface area (Å²) in [6.45, 7) is 2.81. The Morgan fingerprint density at radius 1 is 1.40 bits per heavy atom. The van der Waals surface area contributed by atoms with Gasteiger partial charge in [0.05, 0.1) is 4.90 Å². The minimum atomic E-state index is -3.79. The van der Waals surface area contributed by atoms with Crippen LogP contribution in [0.25, 0.3) is 0 Å². The van der Waals surface area contributed by atoms with Crippen molar-refractivity contribution in [3.8, 4) is 0 Å². The van der Waals surface area contributed by atoms with Crippen LogP contribution in [0.5, 0.6) is 0 Å². The molecule has 0 spiro atoms. The molecular formula is C12H18N4O3S. The molecule has 8 heteroatoms. The number of benzene rings is 1. The first-order valence-corrected chi connectivity index (χ1v) is 7.76. The number of nitrogen functional groups attached to an aromatic ring is 1. The number of hydrogen-bond donors (Lipinski definition) is 3. The van der Waals surface area contributed by atoms with Gasteiger partial charge in [0.2, 0.25) is 15.9 Å². The normalized spacial score (nSPS) is 19.1. The molecule has 0 radical (unpaired) electrons. The quantitative estimate of drug-likeness (QED) is 0.658. The van der Waals surface area contributed by atoms with Crippen molar-refractivity contribution in [2.24, 2.45) is 5.14 Å². The number of nitrogens with two attached hydrogens (primary N) is 2. The van der Waals surface area contributed by atoms with Crippen molar-refractivity contribution in [1.82, 2.24) is 5.32 Å². The van der Waals surface area contributed by atoms with Crippen LogP contribution in [0.2, 0.25) is 0 Å². The van der Waals surface area contributed by atoms with E-state index in [4.69, 9.17) is 10.9 Å². The van der Waals surface area contributed by atoms with E-state index < -0.39 is 10.0 Å². The Morgan fingerprint density at radius 3 is 2.70 bits per heavy atom. The van der Waals surface area contributed by atoms with Gasteiger partial charge in [-0.15, -0.1) is 0 Å². The SMILES string of the molecule is CC(=O)NC1CCN(c2cc(N)cc(S(N)(=O)=O)c2)C1. The Labute approximate surface area is 118 Å². The number of nitrogens with zero attached hydrogens (tertiary/aromatic N) is 1. The summed E-state index contributed by atoms with van der Waals surface area (Å²) in [4.78, 5) is 13.0. The zero-order valence-electron chi connectivity index (χ0n) is 11.2. The molecule has 7 nitrogen and oxygen atoms in total. The van der Waals surface area contributed by atoms with E-state index in [1.54, 1.807) is 6.07 Å². The zero-order valence-corrected chi connectivity index (χ0v) is 12.0. The molecular weight excluding hydrogens is 280 g/mol. The van der Waals surface area contributed by atoms with Gasteiger partial charge in [0, 0.05) is 37.4 Å². The van der Waals surface area contributed by atoms with Gasteiger partial charge in [-0.3, -0.25) is 4.79 Å². The number of nitrogens with one attached hydrogen (secondary N) is 1. The monoisotopic (exact) mass is 298 g/mol. The molecule has 0 aromatic heterocycles. The fraction of sp³-hybridized carbons (Fsp3) is 0.417. The Bertz CT molecular complexity index is 630. The van der Waals surface area contributed by atoms with E-state index in [-0.39, 0.29) is 16.8 Å². The summed E-state index contributed by atoms with van der Waals surface area (Å²) in [6, 6.07) is 4.60. The average molecular weight is 298 g/mol. The number of carbonyl (C=O) groups is 1. The third-order valence-electron chi connectivity index (χ3n) is 3.20. The van der Waals surface area contributed by atoms with Crippen LogP contribution in [-0.2, 0) is 14.8 Å². The summed E-state index contributed by atoms with van der Waals surface area (Å²) < 4.78 is 22.8. The number of amides is 1. The second-order valence-corrected chi connectivity index (χ2v) is 6.50. The lowest BCUT2D eigenvalue weighted by molar-refractivity contribution is -0.119. The van der Waals surface area contributed by atoms with E-state index in [0.717, 1.165) is 13.0 Å². The maximum Gasteiger partial charge on any atom is 0.238 e. The second kappa shape index (κ2) is 5.29. The molecule has 1 fully saturated rings. The molecule has 1 aliphatic rings. The smallest absolute Gasteiger partial charge is 0.238 e. The lowest BCUT2D eigenvalue weighted by Crippen LogP contribution is -2.35. The zero-order chi connectivity index (χ0) is 14.9. The second-order valence-electron chi connectivity index (χ2n) is 4.94. The summed E-state index contributed by atoms with van der Waals surface area (Å²) in [5, 5.41) is 7.97. The first kappa shape index (κ1) is 14.6. The third-order valence-corrected chi connectivity index (χ3v) is 4.10. The van der Waals surface area contributed by atoms with Gasteiger partial charge in [-0.1, -0.05) is 0 Å². The van der Waals surface area contributed by atoms with Crippen molar-refractivity contribution >= 4 is 27.3 Å². The van der Waals surface area contributed by atoms with Crippen LogP contribution in [-0.4, -0.2) is 33.5 Å². The average Bonchev–Trinajstić information content (AvgIpc) is 2.74. The Kier molecular flexibility index (Phi) is 3.87. The molecule has 1 aromatic carbocycles. The molecule has 2 rings (SSSR count). The van der Waals surface area contributed by atoms with E-state index in [1.165, 1.54) is 19.1 Å². The van der Waals surface area contributed by atoms with E-state index in [9.17, 15) is 13.2 Å². The molecule has 1 aliphatic heterocycles. The Morgan fingerprint density at radius 2 is 2.10 bits per heavy atom. The van der Waals surface area contributed by atoms with Crippen molar-refractivity contribution in [1.29, 1.82) is 0 Å². The molecule has 0 aliphatic carbocycles. The fourth-order valence-electron chi connectivity index (χ4n) is 2.35. The van der Waals surface area contributed by atoms with Gasteiger partial charge < -0.3 is 16.0 Å². The van der Waals surface area contributed by atoms with E-state index in [0.29, 0.717) is 17.9 Å². The van der Waals surface area contributed by atoms with Gasteiger partial charge in [-0.25, -0.2) is 13.6 Å². The highest BCUT2D eigenvalue weighted by Crippen LogP contribution is 2.26. The summed E-state index contributed by atoms with van der Waals surface area (Å²) in [7, 11) is -3.79. The van der Waals surface area contributed by atoms with Gasteiger partial charge in [0.15, 0.2) is 0 Å². The van der Waals surface area contributed by atoms with Crippen molar-refractivity contribution in [2.45, 2.75) is 24.3 Å². The number of sulfonamides is 1. The standard InChI is InChI=1S/C12H18N4O3S/c1-8(17)15-10-2-3-16(7-10)11-4-9(13)5-12(6-11)20(14,18)19/h4-6,10H,2-3,7,13H2,1H3,(H,15,17)(H2,14,18,19).